The molecule has 0 saturated carbocycles. The van der Waals surface area contributed by atoms with Crippen LogP contribution in [0.1, 0.15) is 10.4 Å². The van der Waals surface area contributed by atoms with Crippen LogP contribution < -0.4 is 0 Å². The standard InChI is InChI=1S/C18H12ClFO2/c1-22-18(21)12-6-5-11-3-2-4-14(16(11)9-12)15-8-7-13(19)10-17(15)20/h2-10H,1H3. The van der Waals surface area contributed by atoms with Gasteiger partial charge in [-0.3, -0.25) is 0 Å². The van der Waals surface area contributed by atoms with Crippen molar-refractivity contribution in [2.45, 2.75) is 0 Å². The highest BCUT2D eigenvalue weighted by atomic mass is 35.5. The Morgan fingerprint density at radius 1 is 1.05 bits per heavy atom. The number of carbonyl (C=O) groups excluding carboxylic acids is 1. The molecule has 110 valence electrons. The largest absolute Gasteiger partial charge is 0.465 e. The first-order chi connectivity index (χ1) is 10.6. The average Bonchev–Trinajstić information content (AvgIpc) is 2.53. The van der Waals surface area contributed by atoms with Crippen LogP contribution in [0.2, 0.25) is 5.02 Å². The molecule has 0 saturated heterocycles. The molecule has 3 rings (SSSR count). The second-order valence-electron chi connectivity index (χ2n) is 4.86. The van der Waals surface area contributed by atoms with Crippen molar-refractivity contribution in [3.8, 4) is 11.1 Å². The summed E-state index contributed by atoms with van der Waals surface area (Å²) in [6.07, 6.45) is 0. The van der Waals surface area contributed by atoms with Crippen LogP contribution in [0.15, 0.2) is 54.6 Å². The fourth-order valence-electron chi connectivity index (χ4n) is 2.46. The molecule has 0 aromatic heterocycles. The van der Waals surface area contributed by atoms with E-state index in [2.05, 4.69) is 0 Å². The lowest BCUT2D eigenvalue weighted by Gasteiger charge is -2.09. The lowest BCUT2D eigenvalue weighted by atomic mass is 9.96. The van der Waals surface area contributed by atoms with Crippen LogP contribution in [-0.2, 0) is 4.74 Å². The van der Waals surface area contributed by atoms with Gasteiger partial charge in [0.1, 0.15) is 5.82 Å². The van der Waals surface area contributed by atoms with Crippen LogP contribution >= 0.6 is 11.6 Å². The zero-order chi connectivity index (χ0) is 15.7. The van der Waals surface area contributed by atoms with Crippen molar-refractivity contribution in [3.63, 3.8) is 0 Å². The molecule has 0 atom stereocenters. The van der Waals surface area contributed by atoms with E-state index < -0.39 is 11.8 Å². The highest BCUT2D eigenvalue weighted by molar-refractivity contribution is 6.30. The van der Waals surface area contributed by atoms with E-state index >= 15 is 0 Å². The molecule has 3 aromatic rings. The van der Waals surface area contributed by atoms with E-state index in [0.29, 0.717) is 21.7 Å². The summed E-state index contributed by atoms with van der Waals surface area (Å²) in [7, 11) is 1.33. The van der Waals surface area contributed by atoms with E-state index in [4.69, 9.17) is 16.3 Å². The molecule has 2 nitrogen and oxygen atoms in total. The fraction of sp³-hybridized carbons (Fsp3) is 0.0556. The molecule has 0 aliphatic heterocycles. The van der Waals surface area contributed by atoms with Crippen molar-refractivity contribution in [3.05, 3.63) is 71.0 Å². The summed E-state index contributed by atoms with van der Waals surface area (Å²) in [6.45, 7) is 0. The second kappa shape index (κ2) is 5.78. The molecule has 0 bridgehead atoms. The van der Waals surface area contributed by atoms with Gasteiger partial charge in [-0.25, -0.2) is 9.18 Å². The minimum absolute atomic E-state index is 0.344. The number of methoxy groups -OCH3 is 1. The Hall–Kier alpha value is -2.39. The molecule has 3 aromatic carbocycles. The summed E-state index contributed by atoms with van der Waals surface area (Å²) in [5.74, 6) is -0.822. The molecule has 22 heavy (non-hydrogen) atoms. The van der Waals surface area contributed by atoms with Crippen molar-refractivity contribution in [2.24, 2.45) is 0 Å². The average molecular weight is 315 g/mol. The normalized spacial score (nSPS) is 10.7. The van der Waals surface area contributed by atoms with E-state index in [0.717, 1.165) is 10.8 Å². The maximum Gasteiger partial charge on any atom is 0.337 e. The Balaban J connectivity index is 2.26. The third-order valence-corrected chi connectivity index (χ3v) is 3.76. The second-order valence-corrected chi connectivity index (χ2v) is 5.29. The molecule has 4 heteroatoms. The minimum atomic E-state index is -0.423. The Bertz CT molecular complexity index is 874. The zero-order valence-corrected chi connectivity index (χ0v) is 12.5. The van der Waals surface area contributed by atoms with Gasteiger partial charge in [0.15, 0.2) is 0 Å². The lowest BCUT2D eigenvalue weighted by molar-refractivity contribution is 0.0601. The molecule has 0 spiro atoms. The van der Waals surface area contributed by atoms with Gasteiger partial charge >= 0.3 is 5.97 Å². The third-order valence-electron chi connectivity index (χ3n) is 3.52. The minimum Gasteiger partial charge on any atom is -0.465 e. The Labute approximate surface area is 132 Å². The molecule has 0 fully saturated rings. The molecule has 0 radical (unpaired) electrons. The van der Waals surface area contributed by atoms with E-state index in [9.17, 15) is 9.18 Å². The van der Waals surface area contributed by atoms with Gasteiger partial charge < -0.3 is 4.74 Å². The van der Waals surface area contributed by atoms with Crippen LogP contribution in [0.3, 0.4) is 0 Å². The lowest BCUT2D eigenvalue weighted by Crippen LogP contribution is -2.00. The van der Waals surface area contributed by atoms with Crippen molar-refractivity contribution < 1.29 is 13.9 Å². The molecule has 0 heterocycles. The summed E-state index contributed by atoms with van der Waals surface area (Å²) in [5, 5.41) is 2.04. The van der Waals surface area contributed by atoms with Crippen molar-refractivity contribution >= 4 is 28.3 Å². The monoisotopic (exact) mass is 314 g/mol. The van der Waals surface area contributed by atoms with Gasteiger partial charge in [0.05, 0.1) is 12.7 Å². The third kappa shape index (κ3) is 2.55. The summed E-state index contributed by atoms with van der Waals surface area (Å²) in [5.41, 5.74) is 1.58. The van der Waals surface area contributed by atoms with Crippen LogP contribution in [0.5, 0.6) is 0 Å². The van der Waals surface area contributed by atoms with Crippen molar-refractivity contribution in [2.75, 3.05) is 7.11 Å². The molecule has 0 unspecified atom stereocenters. The summed E-state index contributed by atoms with van der Waals surface area (Å²) in [6, 6.07) is 15.4. The summed E-state index contributed by atoms with van der Waals surface area (Å²) in [4.78, 5) is 11.7. The molecule has 0 amide bonds. The number of fused-ring (bicyclic) bond motifs is 1. The van der Waals surface area contributed by atoms with E-state index in [1.165, 1.54) is 13.2 Å². The molecule has 0 aliphatic carbocycles. The van der Waals surface area contributed by atoms with Gasteiger partial charge in [0.2, 0.25) is 0 Å². The number of rotatable bonds is 2. The van der Waals surface area contributed by atoms with Crippen molar-refractivity contribution in [1.82, 2.24) is 0 Å². The SMILES string of the molecule is COC(=O)c1ccc2cccc(-c3ccc(Cl)cc3F)c2c1. The van der Waals surface area contributed by atoms with Gasteiger partial charge in [-0.15, -0.1) is 0 Å². The number of hydrogen-bond donors (Lipinski definition) is 0. The Morgan fingerprint density at radius 2 is 1.86 bits per heavy atom. The van der Waals surface area contributed by atoms with Crippen LogP contribution in [-0.4, -0.2) is 13.1 Å². The predicted octanol–water partition coefficient (Wildman–Crippen LogP) is 5.09. The number of esters is 1. The van der Waals surface area contributed by atoms with Crippen molar-refractivity contribution in [1.29, 1.82) is 0 Å². The summed E-state index contributed by atoms with van der Waals surface area (Å²) >= 11 is 5.81. The molecular formula is C18H12ClFO2. The number of ether oxygens (including phenoxy) is 1. The summed E-state index contributed by atoms with van der Waals surface area (Å²) < 4.78 is 19.0. The van der Waals surface area contributed by atoms with E-state index in [1.54, 1.807) is 24.3 Å². The maximum atomic E-state index is 14.2. The van der Waals surface area contributed by atoms with E-state index in [-0.39, 0.29) is 0 Å². The first kappa shape index (κ1) is 14.5. The number of carbonyl (C=O) groups is 1. The Morgan fingerprint density at radius 3 is 2.59 bits per heavy atom. The van der Waals surface area contributed by atoms with Gasteiger partial charge in [0, 0.05) is 10.6 Å². The van der Waals surface area contributed by atoms with Crippen LogP contribution in [0.4, 0.5) is 4.39 Å². The zero-order valence-electron chi connectivity index (χ0n) is 11.8. The first-order valence-corrected chi connectivity index (χ1v) is 7.04. The highest BCUT2D eigenvalue weighted by Gasteiger charge is 2.12. The van der Waals surface area contributed by atoms with Gasteiger partial charge in [-0.05, 0) is 46.7 Å². The highest BCUT2D eigenvalue weighted by Crippen LogP contribution is 2.32. The topological polar surface area (TPSA) is 26.3 Å². The fourth-order valence-corrected chi connectivity index (χ4v) is 2.62. The van der Waals surface area contributed by atoms with Gasteiger partial charge in [-0.1, -0.05) is 35.9 Å². The Kier molecular flexibility index (Phi) is 3.82. The van der Waals surface area contributed by atoms with Gasteiger partial charge in [0.25, 0.3) is 0 Å². The smallest absolute Gasteiger partial charge is 0.337 e. The molecular weight excluding hydrogens is 303 g/mol. The van der Waals surface area contributed by atoms with E-state index in [1.807, 2.05) is 24.3 Å². The number of halogens is 2. The molecule has 0 aliphatic rings. The number of benzene rings is 3. The van der Waals surface area contributed by atoms with Gasteiger partial charge in [-0.2, -0.15) is 0 Å². The maximum absolute atomic E-state index is 14.2. The first-order valence-electron chi connectivity index (χ1n) is 6.66. The quantitative estimate of drug-likeness (QED) is 0.616. The molecule has 0 N–H and O–H groups in total. The predicted molar refractivity (Wildman–Crippen MR) is 85.7 cm³/mol. The van der Waals surface area contributed by atoms with Crippen LogP contribution in [0, 0.1) is 5.82 Å². The number of hydrogen-bond acceptors (Lipinski definition) is 2. The van der Waals surface area contributed by atoms with Crippen LogP contribution in [0.25, 0.3) is 21.9 Å².